The second-order valence-corrected chi connectivity index (χ2v) is 7.65. The van der Waals surface area contributed by atoms with Crippen LogP contribution < -0.4 is 0 Å². The number of ether oxygens (including phenoxy) is 1. The lowest BCUT2D eigenvalue weighted by Crippen LogP contribution is -2.46. The van der Waals surface area contributed by atoms with Crippen LogP contribution in [-0.4, -0.2) is 70.0 Å². The Bertz CT molecular complexity index is 489. The molecular formula is C16H29N5O. The first-order chi connectivity index (χ1) is 10.4. The van der Waals surface area contributed by atoms with Gasteiger partial charge in [-0.25, -0.2) is 9.67 Å². The van der Waals surface area contributed by atoms with Crippen LogP contribution in [-0.2, 0) is 16.8 Å². The lowest BCUT2D eigenvalue weighted by molar-refractivity contribution is 0.0117. The van der Waals surface area contributed by atoms with Crippen molar-refractivity contribution < 1.29 is 4.74 Å². The molecule has 2 saturated heterocycles. The van der Waals surface area contributed by atoms with Gasteiger partial charge in [0.2, 0.25) is 0 Å². The van der Waals surface area contributed by atoms with Gasteiger partial charge in [0.05, 0.1) is 25.3 Å². The second-order valence-electron chi connectivity index (χ2n) is 7.65. The van der Waals surface area contributed by atoms with E-state index in [0.717, 1.165) is 51.8 Å². The fraction of sp³-hybridized carbons (Fsp3) is 0.875. The Kier molecular flexibility index (Phi) is 4.52. The van der Waals surface area contributed by atoms with E-state index in [1.807, 2.05) is 0 Å². The summed E-state index contributed by atoms with van der Waals surface area (Å²) >= 11 is 0. The summed E-state index contributed by atoms with van der Waals surface area (Å²) in [5.74, 6) is 1.77. The third-order valence-electron chi connectivity index (χ3n) is 4.78. The summed E-state index contributed by atoms with van der Waals surface area (Å²) in [6.45, 7) is 15.9. The van der Waals surface area contributed by atoms with Crippen molar-refractivity contribution in [1.29, 1.82) is 0 Å². The van der Waals surface area contributed by atoms with Crippen LogP contribution in [0.25, 0.3) is 0 Å². The van der Waals surface area contributed by atoms with Crippen molar-refractivity contribution in [3.63, 3.8) is 0 Å². The molecule has 0 amide bonds. The second kappa shape index (κ2) is 6.26. The molecule has 2 aliphatic rings. The van der Waals surface area contributed by atoms with E-state index in [-0.39, 0.29) is 5.54 Å². The number of aromatic nitrogens is 3. The van der Waals surface area contributed by atoms with Gasteiger partial charge in [-0.2, -0.15) is 5.10 Å². The zero-order valence-electron chi connectivity index (χ0n) is 14.3. The predicted octanol–water partition coefficient (Wildman–Crippen LogP) is 1.19. The fourth-order valence-corrected chi connectivity index (χ4v) is 3.70. The molecule has 3 rings (SSSR count). The Morgan fingerprint density at radius 2 is 1.95 bits per heavy atom. The first kappa shape index (κ1) is 15.9. The SMILES string of the molecule is C[C@H]1CN(Cc2ncnn2C(C)(C)C)C[C@H]1N1CCOCC1. The van der Waals surface area contributed by atoms with Crippen molar-refractivity contribution in [3.8, 4) is 0 Å². The Balaban J connectivity index is 1.64. The Morgan fingerprint density at radius 3 is 2.64 bits per heavy atom. The highest BCUT2D eigenvalue weighted by atomic mass is 16.5. The largest absolute Gasteiger partial charge is 0.379 e. The molecule has 2 aliphatic heterocycles. The van der Waals surface area contributed by atoms with Crippen LogP contribution in [0.2, 0.25) is 0 Å². The van der Waals surface area contributed by atoms with Crippen molar-refractivity contribution in [1.82, 2.24) is 24.6 Å². The minimum atomic E-state index is -0.0131. The van der Waals surface area contributed by atoms with Crippen LogP contribution >= 0.6 is 0 Å². The van der Waals surface area contributed by atoms with Gasteiger partial charge in [0.1, 0.15) is 12.2 Å². The molecule has 0 spiro atoms. The molecule has 0 saturated carbocycles. The summed E-state index contributed by atoms with van der Waals surface area (Å²) in [5.41, 5.74) is -0.0131. The van der Waals surface area contributed by atoms with E-state index >= 15 is 0 Å². The van der Waals surface area contributed by atoms with Crippen molar-refractivity contribution in [3.05, 3.63) is 12.2 Å². The molecule has 22 heavy (non-hydrogen) atoms. The van der Waals surface area contributed by atoms with Gasteiger partial charge < -0.3 is 4.74 Å². The van der Waals surface area contributed by atoms with E-state index in [1.165, 1.54) is 0 Å². The molecule has 0 aliphatic carbocycles. The molecule has 0 N–H and O–H groups in total. The van der Waals surface area contributed by atoms with E-state index in [4.69, 9.17) is 4.74 Å². The van der Waals surface area contributed by atoms with Gasteiger partial charge in [-0.1, -0.05) is 6.92 Å². The smallest absolute Gasteiger partial charge is 0.141 e. The van der Waals surface area contributed by atoms with Crippen LogP contribution in [0, 0.1) is 5.92 Å². The molecular weight excluding hydrogens is 278 g/mol. The van der Waals surface area contributed by atoms with Crippen LogP contribution in [0.15, 0.2) is 6.33 Å². The van der Waals surface area contributed by atoms with E-state index in [1.54, 1.807) is 6.33 Å². The maximum absolute atomic E-state index is 5.48. The molecule has 3 heterocycles. The van der Waals surface area contributed by atoms with Gasteiger partial charge in [0, 0.05) is 32.2 Å². The highest BCUT2D eigenvalue weighted by Gasteiger charge is 2.35. The quantitative estimate of drug-likeness (QED) is 0.839. The van der Waals surface area contributed by atoms with Crippen molar-refractivity contribution in [2.24, 2.45) is 5.92 Å². The average molecular weight is 307 g/mol. The minimum Gasteiger partial charge on any atom is -0.379 e. The van der Waals surface area contributed by atoms with E-state index in [0.29, 0.717) is 12.0 Å². The highest BCUT2D eigenvalue weighted by molar-refractivity contribution is 4.95. The van der Waals surface area contributed by atoms with Gasteiger partial charge in [0.15, 0.2) is 0 Å². The van der Waals surface area contributed by atoms with Gasteiger partial charge in [-0.15, -0.1) is 0 Å². The number of hydrogen-bond donors (Lipinski definition) is 0. The molecule has 2 atom stereocenters. The molecule has 0 unspecified atom stereocenters. The lowest BCUT2D eigenvalue weighted by atomic mass is 10.0. The van der Waals surface area contributed by atoms with E-state index < -0.39 is 0 Å². The molecule has 0 radical (unpaired) electrons. The van der Waals surface area contributed by atoms with Gasteiger partial charge in [-0.3, -0.25) is 9.80 Å². The van der Waals surface area contributed by atoms with Crippen molar-refractivity contribution in [2.75, 3.05) is 39.4 Å². The maximum Gasteiger partial charge on any atom is 0.141 e. The third kappa shape index (κ3) is 3.34. The van der Waals surface area contributed by atoms with Crippen molar-refractivity contribution in [2.45, 2.75) is 45.8 Å². The molecule has 0 aromatic carbocycles. The third-order valence-corrected chi connectivity index (χ3v) is 4.78. The summed E-state index contributed by atoms with van der Waals surface area (Å²) in [6.07, 6.45) is 1.68. The van der Waals surface area contributed by atoms with Gasteiger partial charge in [0.25, 0.3) is 0 Å². The summed E-state index contributed by atoms with van der Waals surface area (Å²) in [7, 11) is 0. The zero-order chi connectivity index (χ0) is 15.7. The van der Waals surface area contributed by atoms with Gasteiger partial charge in [-0.05, 0) is 26.7 Å². The minimum absolute atomic E-state index is 0.0131. The van der Waals surface area contributed by atoms with E-state index in [9.17, 15) is 0 Å². The van der Waals surface area contributed by atoms with Gasteiger partial charge >= 0.3 is 0 Å². The number of nitrogens with zero attached hydrogens (tertiary/aromatic N) is 5. The molecule has 1 aromatic heterocycles. The molecule has 124 valence electrons. The summed E-state index contributed by atoms with van der Waals surface area (Å²) in [5, 5.41) is 4.41. The Hall–Kier alpha value is -0.980. The first-order valence-corrected chi connectivity index (χ1v) is 8.38. The Labute approximate surface area is 133 Å². The molecule has 1 aromatic rings. The topological polar surface area (TPSA) is 46.4 Å². The standard InChI is InChI=1S/C16H29N5O/c1-13-9-19(10-14(13)20-5-7-22-8-6-20)11-15-17-12-18-21(15)16(2,3)4/h12-14H,5-11H2,1-4H3/t13-,14+/m0/s1. The number of morpholine rings is 1. The van der Waals surface area contributed by atoms with Crippen LogP contribution in [0.4, 0.5) is 0 Å². The number of likely N-dealkylation sites (tertiary alicyclic amines) is 1. The predicted molar refractivity (Wildman–Crippen MR) is 85.6 cm³/mol. The fourth-order valence-electron chi connectivity index (χ4n) is 3.70. The zero-order valence-corrected chi connectivity index (χ0v) is 14.3. The summed E-state index contributed by atoms with van der Waals surface area (Å²) in [4.78, 5) is 9.61. The lowest BCUT2D eigenvalue weighted by Gasteiger charge is -2.34. The van der Waals surface area contributed by atoms with Crippen LogP contribution in [0.5, 0.6) is 0 Å². The summed E-state index contributed by atoms with van der Waals surface area (Å²) < 4.78 is 7.54. The molecule has 6 nitrogen and oxygen atoms in total. The molecule has 0 bridgehead atoms. The Morgan fingerprint density at radius 1 is 1.23 bits per heavy atom. The van der Waals surface area contributed by atoms with E-state index in [2.05, 4.69) is 52.3 Å². The van der Waals surface area contributed by atoms with Crippen LogP contribution in [0.1, 0.15) is 33.5 Å². The monoisotopic (exact) mass is 307 g/mol. The number of rotatable bonds is 3. The van der Waals surface area contributed by atoms with Crippen molar-refractivity contribution >= 4 is 0 Å². The highest BCUT2D eigenvalue weighted by Crippen LogP contribution is 2.24. The normalized spacial score (nSPS) is 28.4. The maximum atomic E-state index is 5.48. The molecule has 6 heteroatoms. The van der Waals surface area contributed by atoms with Crippen LogP contribution in [0.3, 0.4) is 0 Å². The number of hydrogen-bond acceptors (Lipinski definition) is 5. The average Bonchev–Trinajstić information content (AvgIpc) is 3.06. The first-order valence-electron chi connectivity index (χ1n) is 8.38. The molecule has 2 fully saturated rings. The summed E-state index contributed by atoms with van der Waals surface area (Å²) in [6, 6.07) is 0.648.